The van der Waals surface area contributed by atoms with Crippen LogP contribution in [0.15, 0.2) is 54.9 Å². The molecule has 0 saturated carbocycles. The molecule has 5 nitrogen and oxygen atoms in total. The van der Waals surface area contributed by atoms with Crippen LogP contribution < -0.4 is 10.6 Å². The van der Waals surface area contributed by atoms with Gasteiger partial charge in [-0.1, -0.05) is 41.4 Å². The van der Waals surface area contributed by atoms with Crippen molar-refractivity contribution in [2.45, 2.75) is 13.5 Å². The number of amides is 2. The Balaban J connectivity index is 1.59. The van der Waals surface area contributed by atoms with Crippen molar-refractivity contribution in [3.63, 3.8) is 0 Å². The van der Waals surface area contributed by atoms with Crippen LogP contribution in [-0.4, -0.2) is 15.8 Å². The number of benzene rings is 2. The first-order valence-electron chi connectivity index (χ1n) is 7.61. The molecule has 3 rings (SSSR count). The van der Waals surface area contributed by atoms with Gasteiger partial charge in [-0.15, -0.1) is 0 Å². The van der Waals surface area contributed by atoms with Gasteiger partial charge >= 0.3 is 6.03 Å². The third-order valence-corrected chi connectivity index (χ3v) is 3.82. The Kier molecular flexibility index (Phi) is 5.00. The molecule has 2 N–H and O–H groups in total. The van der Waals surface area contributed by atoms with Crippen LogP contribution >= 0.6 is 11.6 Å². The minimum absolute atomic E-state index is 0.0521. The average molecular weight is 359 g/mol. The first kappa shape index (κ1) is 17.0. The predicted molar refractivity (Wildman–Crippen MR) is 96.6 cm³/mol. The van der Waals surface area contributed by atoms with Gasteiger partial charge in [0.25, 0.3) is 0 Å². The summed E-state index contributed by atoms with van der Waals surface area (Å²) in [5.74, 6) is -0.537. The molecule has 0 aliphatic carbocycles. The molecule has 25 heavy (non-hydrogen) atoms. The van der Waals surface area contributed by atoms with E-state index in [9.17, 15) is 9.18 Å². The smallest absolute Gasteiger partial charge is 0.308 e. The van der Waals surface area contributed by atoms with Crippen LogP contribution in [-0.2, 0) is 6.54 Å². The first-order valence-corrected chi connectivity index (χ1v) is 7.98. The van der Waals surface area contributed by atoms with Gasteiger partial charge in [0.05, 0.1) is 23.5 Å². The number of anilines is 2. The number of nitrogens with zero attached hydrogens (tertiary/aromatic N) is 2. The van der Waals surface area contributed by atoms with Crippen LogP contribution in [0.3, 0.4) is 0 Å². The molecule has 2 aromatic carbocycles. The zero-order valence-electron chi connectivity index (χ0n) is 13.5. The van der Waals surface area contributed by atoms with Crippen molar-refractivity contribution in [1.82, 2.24) is 9.78 Å². The summed E-state index contributed by atoms with van der Waals surface area (Å²) in [7, 11) is 0. The molecule has 0 aliphatic rings. The second-order valence-corrected chi connectivity index (χ2v) is 6.03. The number of nitrogens with one attached hydrogen (secondary N) is 2. The van der Waals surface area contributed by atoms with E-state index in [0.29, 0.717) is 17.9 Å². The number of urea groups is 1. The van der Waals surface area contributed by atoms with Crippen LogP contribution in [0.5, 0.6) is 0 Å². The van der Waals surface area contributed by atoms with Gasteiger partial charge in [-0.25, -0.2) is 9.18 Å². The van der Waals surface area contributed by atoms with Gasteiger partial charge in [0.1, 0.15) is 5.82 Å². The molecule has 0 fully saturated rings. The van der Waals surface area contributed by atoms with Crippen molar-refractivity contribution < 1.29 is 9.18 Å². The van der Waals surface area contributed by atoms with Crippen molar-refractivity contribution in [3.05, 3.63) is 76.8 Å². The van der Waals surface area contributed by atoms with Gasteiger partial charge in [0.2, 0.25) is 0 Å². The van der Waals surface area contributed by atoms with E-state index in [-0.39, 0.29) is 5.02 Å². The Morgan fingerprint density at radius 3 is 2.60 bits per heavy atom. The maximum absolute atomic E-state index is 13.1. The molecule has 0 bridgehead atoms. The fourth-order valence-corrected chi connectivity index (χ4v) is 2.44. The lowest BCUT2D eigenvalue weighted by Crippen LogP contribution is -2.19. The Labute approximate surface area is 149 Å². The number of hydrogen-bond acceptors (Lipinski definition) is 2. The van der Waals surface area contributed by atoms with Crippen molar-refractivity contribution in [3.8, 4) is 0 Å². The minimum Gasteiger partial charge on any atom is -0.308 e. The molecule has 7 heteroatoms. The molecule has 3 aromatic rings. The number of rotatable bonds is 4. The number of carbonyl (C=O) groups is 1. The van der Waals surface area contributed by atoms with E-state index in [1.807, 2.05) is 31.2 Å². The maximum Gasteiger partial charge on any atom is 0.323 e. The SMILES string of the molecule is Cc1ccc(Cn2cc(NC(=O)Nc3ccc(F)c(Cl)c3)cn2)cc1. The minimum atomic E-state index is -0.537. The molecular weight excluding hydrogens is 343 g/mol. The maximum atomic E-state index is 13.1. The summed E-state index contributed by atoms with van der Waals surface area (Å²) in [4.78, 5) is 12.0. The fraction of sp³-hybridized carbons (Fsp3) is 0.111. The standard InChI is InChI=1S/C18H16ClFN4O/c1-12-2-4-13(5-3-12)10-24-11-15(9-21-24)23-18(25)22-14-6-7-17(20)16(19)8-14/h2-9,11H,10H2,1H3,(H2,22,23,25). The van der Waals surface area contributed by atoms with Crippen LogP contribution in [0.25, 0.3) is 0 Å². The summed E-state index contributed by atoms with van der Waals surface area (Å²) in [6.07, 6.45) is 3.29. The zero-order valence-corrected chi connectivity index (χ0v) is 14.2. The molecule has 0 radical (unpaired) electrons. The second-order valence-electron chi connectivity index (χ2n) is 5.62. The zero-order chi connectivity index (χ0) is 17.8. The number of carbonyl (C=O) groups excluding carboxylic acids is 1. The van der Waals surface area contributed by atoms with Crippen LogP contribution in [0, 0.1) is 12.7 Å². The van der Waals surface area contributed by atoms with E-state index in [0.717, 1.165) is 5.56 Å². The molecule has 0 atom stereocenters. The van der Waals surface area contributed by atoms with Gasteiger partial charge in [-0.2, -0.15) is 5.10 Å². The lowest BCUT2D eigenvalue weighted by molar-refractivity contribution is 0.262. The summed E-state index contributed by atoms with van der Waals surface area (Å²) in [6, 6.07) is 11.7. The molecule has 1 heterocycles. The fourth-order valence-electron chi connectivity index (χ4n) is 2.26. The van der Waals surface area contributed by atoms with Crippen LogP contribution in [0.4, 0.5) is 20.6 Å². The molecule has 0 aliphatic heterocycles. The topological polar surface area (TPSA) is 59.0 Å². The van der Waals surface area contributed by atoms with Crippen molar-refractivity contribution in [2.75, 3.05) is 10.6 Å². The highest BCUT2D eigenvalue weighted by atomic mass is 35.5. The van der Waals surface area contributed by atoms with E-state index >= 15 is 0 Å². The van der Waals surface area contributed by atoms with Crippen LogP contribution in [0.1, 0.15) is 11.1 Å². The van der Waals surface area contributed by atoms with E-state index in [4.69, 9.17) is 11.6 Å². The van der Waals surface area contributed by atoms with Gasteiger partial charge in [-0.3, -0.25) is 4.68 Å². The highest BCUT2D eigenvalue weighted by Crippen LogP contribution is 2.19. The van der Waals surface area contributed by atoms with Crippen molar-refractivity contribution in [1.29, 1.82) is 0 Å². The van der Waals surface area contributed by atoms with E-state index in [2.05, 4.69) is 15.7 Å². The molecule has 128 valence electrons. The second kappa shape index (κ2) is 7.36. The lowest BCUT2D eigenvalue weighted by atomic mass is 10.1. The molecule has 2 amide bonds. The normalized spacial score (nSPS) is 10.5. The average Bonchev–Trinajstić information content (AvgIpc) is 3.00. The number of hydrogen-bond donors (Lipinski definition) is 2. The summed E-state index contributed by atoms with van der Waals surface area (Å²) < 4.78 is 14.8. The van der Waals surface area contributed by atoms with Gasteiger partial charge in [0, 0.05) is 11.9 Å². The van der Waals surface area contributed by atoms with Crippen molar-refractivity contribution in [2.24, 2.45) is 0 Å². The van der Waals surface area contributed by atoms with E-state index in [1.54, 1.807) is 17.1 Å². The third-order valence-electron chi connectivity index (χ3n) is 3.53. The monoisotopic (exact) mass is 358 g/mol. The largest absolute Gasteiger partial charge is 0.323 e. The summed E-state index contributed by atoms with van der Waals surface area (Å²) in [5.41, 5.74) is 3.27. The predicted octanol–water partition coefficient (Wildman–Crippen LogP) is 4.68. The Hall–Kier alpha value is -2.86. The van der Waals surface area contributed by atoms with Crippen LogP contribution in [0.2, 0.25) is 5.02 Å². The lowest BCUT2D eigenvalue weighted by Gasteiger charge is -2.06. The van der Waals surface area contributed by atoms with Gasteiger partial charge in [0.15, 0.2) is 0 Å². The first-order chi connectivity index (χ1) is 12.0. The quantitative estimate of drug-likeness (QED) is 0.711. The Morgan fingerprint density at radius 1 is 1.16 bits per heavy atom. The number of halogens is 2. The summed E-state index contributed by atoms with van der Waals surface area (Å²) in [6.45, 7) is 2.64. The Morgan fingerprint density at radius 2 is 1.88 bits per heavy atom. The highest BCUT2D eigenvalue weighted by Gasteiger charge is 2.07. The Bertz CT molecular complexity index is 892. The molecule has 0 spiro atoms. The molecule has 0 unspecified atom stereocenters. The number of aromatic nitrogens is 2. The molecule has 0 saturated heterocycles. The van der Waals surface area contributed by atoms with Gasteiger partial charge in [-0.05, 0) is 30.7 Å². The summed E-state index contributed by atoms with van der Waals surface area (Å²) in [5, 5.41) is 9.43. The molecule has 1 aromatic heterocycles. The van der Waals surface area contributed by atoms with E-state index < -0.39 is 11.8 Å². The highest BCUT2D eigenvalue weighted by molar-refractivity contribution is 6.31. The van der Waals surface area contributed by atoms with E-state index in [1.165, 1.54) is 23.8 Å². The third kappa shape index (κ3) is 4.58. The van der Waals surface area contributed by atoms with Crippen molar-refractivity contribution >= 4 is 29.0 Å². The summed E-state index contributed by atoms with van der Waals surface area (Å²) >= 11 is 5.69. The number of aryl methyl sites for hydroxylation is 1. The molecular formula is C18H16ClFN4O. The van der Waals surface area contributed by atoms with Gasteiger partial charge < -0.3 is 10.6 Å².